The molecule has 0 aromatic heterocycles. The van der Waals surface area contributed by atoms with Gasteiger partial charge in [-0.3, -0.25) is 0 Å². The summed E-state index contributed by atoms with van der Waals surface area (Å²) in [5, 5.41) is 0. The third kappa shape index (κ3) is 2.45. The van der Waals surface area contributed by atoms with E-state index in [1.54, 1.807) is 0 Å². The van der Waals surface area contributed by atoms with Crippen molar-refractivity contribution in [1.82, 2.24) is 0 Å². The number of halogens is 3. The molecule has 0 spiro atoms. The number of hydrogen-bond acceptors (Lipinski definition) is 2. The van der Waals surface area contributed by atoms with Gasteiger partial charge in [-0.1, -0.05) is 0 Å². The highest BCUT2D eigenvalue weighted by atomic mass is 32.2. The Kier molecular flexibility index (Phi) is 4.99. The van der Waals surface area contributed by atoms with E-state index in [2.05, 4.69) is 0 Å². The Bertz CT molecular complexity index is 369. The summed E-state index contributed by atoms with van der Waals surface area (Å²) >= 11 is 1.45. The fourth-order valence-corrected chi connectivity index (χ4v) is 2.25. The first-order valence-electron chi connectivity index (χ1n) is 4.78. The minimum Gasteiger partial charge on any atom is -0.398 e. The molecule has 5 heteroatoms. The molecule has 0 saturated heterocycles. The maximum atomic E-state index is 12.8. The van der Waals surface area contributed by atoms with Crippen LogP contribution in [0.5, 0.6) is 0 Å². The Hall–Kier alpha value is -0.840. The predicted molar refractivity (Wildman–Crippen MR) is 62.5 cm³/mol. The van der Waals surface area contributed by atoms with Crippen molar-refractivity contribution < 1.29 is 13.2 Å². The van der Waals surface area contributed by atoms with E-state index >= 15 is 0 Å². The highest BCUT2D eigenvalue weighted by Crippen LogP contribution is 2.30. The van der Waals surface area contributed by atoms with Gasteiger partial charge in [-0.05, 0) is 29.0 Å². The standard InChI is InChI=1S/C11H14F3NS/c1-16-6-10-9(5-14)7(3-12)2-8(4-13)11(10)15/h2H,3-6,15H2,1H3. The third-order valence-electron chi connectivity index (χ3n) is 2.48. The second kappa shape index (κ2) is 6.03. The first kappa shape index (κ1) is 13.2. The van der Waals surface area contributed by atoms with Crippen LogP contribution in [0.25, 0.3) is 0 Å². The number of hydrogen-bond donors (Lipinski definition) is 1. The summed E-state index contributed by atoms with van der Waals surface area (Å²) in [6, 6.07) is 1.31. The molecule has 0 radical (unpaired) electrons. The minimum absolute atomic E-state index is 0.202. The van der Waals surface area contributed by atoms with Crippen LogP contribution >= 0.6 is 11.8 Å². The van der Waals surface area contributed by atoms with Crippen molar-refractivity contribution in [1.29, 1.82) is 0 Å². The van der Waals surface area contributed by atoms with Crippen molar-refractivity contribution >= 4 is 17.4 Å². The first-order chi connectivity index (χ1) is 7.69. The van der Waals surface area contributed by atoms with E-state index in [-0.39, 0.29) is 22.4 Å². The second-order valence-corrected chi connectivity index (χ2v) is 4.27. The van der Waals surface area contributed by atoms with Gasteiger partial charge in [-0.15, -0.1) is 0 Å². The molecule has 0 heterocycles. The summed E-state index contributed by atoms with van der Waals surface area (Å²) in [4.78, 5) is 0. The highest BCUT2D eigenvalue weighted by Gasteiger charge is 2.15. The Morgan fingerprint density at radius 3 is 2.12 bits per heavy atom. The van der Waals surface area contributed by atoms with E-state index in [1.165, 1.54) is 17.8 Å². The van der Waals surface area contributed by atoms with Gasteiger partial charge in [-0.25, -0.2) is 13.2 Å². The molecule has 90 valence electrons. The van der Waals surface area contributed by atoms with Crippen molar-refractivity contribution in [3.8, 4) is 0 Å². The summed E-state index contributed by atoms with van der Waals surface area (Å²) in [5.41, 5.74) is 7.23. The van der Waals surface area contributed by atoms with Gasteiger partial charge in [0.25, 0.3) is 0 Å². The smallest absolute Gasteiger partial charge is 0.117 e. The quantitative estimate of drug-likeness (QED) is 0.808. The highest BCUT2D eigenvalue weighted by molar-refractivity contribution is 7.97. The number of anilines is 1. The van der Waals surface area contributed by atoms with Crippen LogP contribution in [-0.4, -0.2) is 6.26 Å². The lowest BCUT2D eigenvalue weighted by Gasteiger charge is -2.15. The molecular formula is C11H14F3NS. The number of thioether (sulfide) groups is 1. The van der Waals surface area contributed by atoms with Crippen LogP contribution in [-0.2, 0) is 25.8 Å². The molecule has 0 aliphatic carbocycles. The third-order valence-corrected chi connectivity index (χ3v) is 3.06. The van der Waals surface area contributed by atoms with Crippen LogP contribution in [0.15, 0.2) is 6.07 Å². The molecule has 0 aliphatic heterocycles. The molecule has 2 N–H and O–H groups in total. The molecule has 0 fully saturated rings. The van der Waals surface area contributed by atoms with E-state index in [0.717, 1.165) is 0 Å². The molecule has 1 rings (SSSR count). The largest absolute Gasteiger partial charge is 0.398 e. The first-order valence-corrected chi connectivity index (χ1v) is 6.17. The number of nitrogen functional groups attached to an aromatic ring is 1. The van der Waals surface area contributed by atoms with Crippen LogP contribution in [0.2, 0.25) is 0 Å². The van der Waals surface area contributed by atoms with Crippen LogP contribution in [0.3, 0.4) is 0 Å². The van der Waals surface area contributed by atoms with E-state index < -0.39 is 20.0 Å². The van der Waals surface area contributed by atoms with Crippen LogP contribution in [0.4, 0.5) is 18.9 Å². The van der Waals surface area contributed by atoms with Gasteiger partial charge in [0.2, 0.25) is 0 Å². The summed E-state index contributed by atoms with van der Waals surface area (Å²) in [5.74, 6) is 0.464. The molecule has 1 aromatic rings. The van der Waals surface area contributed by atoms with Gasteiger partial charge in [0.1, 0.15) is 20.0 Å². The SMILES string of the molecule is CSCc1c(N)c(CF)cc(CF)c1CF. The molecular weight excluding hydrogens is 235 g/mol. The Labute approximate surface area is 97.2 Å². The Morgan fingerprint density at radius 2 is 1.69 bits per heavy atom. The molecule has 1 aromatic carbocycles. The van der Waals surface area contributed by atoms with Crippen molar-refractivity contribution in [2.75, 3.05) is 12.0 Å². The van der Waals surface area contributed by atoms with E-state index in [0.29, 0.717) is 11.3 Å². The summed E-state index contributed by atoms with van der Waals surface area (Å²) < 4.78 is 38.2. The fourth-order valence-electron chi connectivity index (χ4n) is 1.63. The topological polar surface area (TPSA) is 26.0 Å². The second-order valence-electron chi connectivity index (χ2n) is 3.40. The number of rotatable bonds is 5. The molecule has 0 unspecified atom stereocenters. The Balaban J connectivity index is 3.38. The van der Waals surface area contributed by atoms with Gasteiger partial charge in [0.15, 0.2) is 0 Å². The van der Waals surface area contributed by atoms with Crippen molar-refractivity contribution in [3.63, 3.8) is 0 Å². The molecule has 16 heavy (non-hydrogen) atoms. The fraction of sp³-hybridized carbons (Fsp3) is 0.455. The normalized spacial score (nSPS) is 10.8. The molecule has 0 atom stereocenters. The summed E-state index contributed by atoms with van der Waals surface area (Å²) in [6.07, 6.45) is 1.83. The Morgan fingerprint density at radius 1 is 1.06 bits per heavy atom. The zero-order chi connectivity index (χ0) is 12.1. The lowest BCUT2D eigenvalue weighted by atomic mass is 9.97. The van der Waals surface area contributed by atoms with Gasteiger partial charge < -0.3 is 5.73 Å². The zero-order valence-electron chi connectivity index (χ0n) is 9.03. The lowest BCUT2D eigenvalue weighted by Crippen LogP contribution is -2.05. The van der Waals surface area contributed by atoms with Gasteiger partial charge in [0, 0.05) is 17.0 Å². The van der Waals surface area contributed by atoms with Gasteiger partial charge >= 0.3 is 0 Å². The summed E-state index contributed by atoms with van der Waals surface area (Å²) in [7, 11) is 0. The van der Waals surface area contributed by atoms with Crippen LogP contribution in [0.1, 0.15) is 22.3 Å². The molecule has 0 aliphatic rings. The number of alkyl halides is 3. The molecule has 1 nitrogen and oxygen atoms in total. The molecule has 0 saturated carbocycles. The number of benzene rings is 1. The van der Waals surface area contributed by atoms with Gasteiger partial charge in [0.05, 0.1) is 0 Å². The molecule has 0 amide bonds. The van der Waals surface area contributed by atoms with E-state index in [9.17, 15) is 13.2 Å². The maximum Gasteiger partial charge on any atom is 0.117 e. The van der Waals surface area contributed by atoms with E-state index in [4.69, 9.17) is 5.73 Å². The average Bonchev–Trinajstić information content (AvgIpc) is 2.31. The minimum atomic E-state index is -0.798. The van der Waals surface area contributed by atoms with Crippen molar-refractivity contribution in [2.24, 2.45) is 0 Å². The predicted octanol–water partition coefficient (Wildman–Crippen LogP) is 3.54. The monoisotopic (exact) mass is 249 g/mol. The van der Waals surface area contributed by atoms with Crippen molar-refractivity contribution in [3.05, 3.63) is 28.3 Å². The number of nitrogens with two attached hydrogens (primary N) is 1. The average molecular weight is 249 g/mol. The lowest BCUT2D eigenvalue weighted by molar-refractivity contribution is 0.449. The maximum absolute atomic E-state index is 12.8. The zero-order valence-corrected chi connectivity index (χ0v) is 9.84. The van der Waals surface area contributed by atoms with E-state index in [1.807, 2.05) is 6.26 Å². The van der Waals surface area contributed by atoms with Crippen molar-refractivity contribution in [2.45, 2.75) is 25.8 Å². The molecule has 0 bridgehead atoms. The summed E-state index contributed by atoms with van der Waals surface area (Å²) in [6.45, 7) is -2.33. The van der Waals surface area contributed by atoms with Gasteiger partial charge in [-0.2, -0.15) is 11.8 Å². The van der Waals surface area contributed by atoms with Crippen LogP contribution in [0, 0.1) is 0 Å². The van der Waals surface area contributed by atoms with Crippen LogP contribution < -0.4 is 5.73 Å².